The SMILES string of the molecule is CC(C)(N=C/C(=N\N)C(=O)NCc1cc(-c2ccccc2)on1)C(N)=O. The third kappa shape index (κ3) is 4.76. The van der Waals surface area contributed by atoms with Gasteiger partial charge in [-0.3, -0.25) is 14.6 Å². The van der Waals surface area contributed by atoms with E-state index in [-0.39, 0.29) is 12.3 Å². The molecule has 0 aliphatic carbocycles. The lowest BCUT2D eigenvalue weighted by atomic mass is 10.1. The molecule has 9 nitrogen and oxygen atoms in total. The maximum atomic E-state index is 12.1. The summed E-state index contributed by atoms with van der Waals surface area (Å²) in [6, 6.07) is 11.2. The first-order valence-electron chi connectivity index (χ1n) is 7.75. The molecule has 0 fully saturated rings. The highest BCUT2D eigenvalue weighted by atomic mass is 16.5. The molecule has 0 atom stereocenters. The van der Waals surface area contributed by atoms with Crippen molar-refractivity contribution in [2.75, 3.05) is 0 Å². The summed E-state index contributed by atoms with van der Waals surface area (Å²) in [5, 5.41) is 9.88. The molecule has 0 saturated carbocycles. The molecular formula is C17H20N6O3. The second-order valence-corrected chi connectivity index (χ2v) is 5.93. The maximum Gasteiger partial charge on any atom is 0.273 e. The molecule has 0 aliphatic heterocycles. The van der Waals surface area contributed by atoms with Crippen LogP contribution >= 0.6 is 0 Å². The Balaban J connectivity index is 1.98. The quantitative estimate of drug-likeness (QED) is 0.377. The van der Waals surface area contributed by atoms with Gasteiger partial charge in [-0.1, -0.05) is 35.5 Å². The topological polar surface area (TPSA) is 149 Å². The lowest BCUT2D eigenvalue weighted by Gasteiger charge is -2.14. The number of benzene rings is 1. The van der Waals surface area contributed by atoms with E-state index >= 15 is 0 Å². The number of rotatable bonds is 7. The van der Waals surface area contributed by atoms with Gasteiger partial charge in [0, 0.05) is 11.6 Å². The molecule has 1 heterocycles. The Labute approximate surface area is 150 Å². The van der Waals surface area contributed by atoms with E-state index < -0.39 is 17.4 Å². The molecule has 0 saturated heterocycles. The van der Waals surface area contributed by atoms with Crippen molar-refractivity contribution < 1.29 is 14.1 Å². The summed E-state index contributed by atoms with van der Waals surface area (Å²) < 4.78 is 5.25. The van der Waals surface area contributed by atoms with Crippen molar-refractivity contribution in [1.29, 1.82) is 0 Å². The molecule has 1 aromatic heterocycles. The maximum absolute atomic E-state index is 12.1. The van der Waals surface area contributed by atoms with Gasteiger partial charge in [-0.25, -0.2) is 0 Å². The van der Waals surface area contributed by atoms with Crippen LogP contribution in [-0.2, 0) is 16.1 Å². The molecule has 0 aliphatic rings. The lowest BCUT2D eigenvalue weighted by Crippen LogP contribution is -2.38. The van der Waals surface area contributed by atoms with Crippen LogP contribution in [0.4, 0.5) is 0 Å². The Bertz CT molecular complexity index is 839. The number of aromatic nitrogens is 1. The van der Waals surface area contributed by atoms with Crippen LogP contribution in [0.15, 0.2) is 51.0 Å². The van der Waals surface area contributed by atoms with E-state index in [2.05, 4.69) is 20.6 Å². The Morgan fingerprint density at radius 2 is 2.00 bits per heavy atom. The number of hydrazone groups is 1. The van der Waals surface area contributed by atoms with E-state index in [1.807, 2.05) is 30.3 Å². The minimum Gasteiger partial charge on any atom is -0.368 e. The number of nitrogens with two attached hydrogens (primary N) is 2. The van der Waals surface area contributed by atoms with Gasteiger partial charge in [0.2, 0.25) is 5.91 Å². The fourth-order valence-electron chi connectivity index (χ4n) is 1.83. The Morgan fingerprint density at radius 3 is 2.62 bits per heavy atom. The summed E-state index contributed by atoms with van der Waals surface area (Å²) in [5.74, 6) is 4.60. The van der Waals surface area contributed by atoms with Gasteiger partial charge in [0.15, 0.2) is 11.5 Å². The zero-order valence-corrected chi connectivity index (χ0v) is 14.5. The molecule has 2 aromatic rings. The second-order valence-electron chi connectivity index (χ2n) is 5.93. The summed E-state index contributed by atoms with van der Waals surface area (Å²) in [6.07, 6.45) is 1.11. The fourth-order valence-corrected chi connectivity index (χ4v) is 1.83. The van der Waals surface area contributed by atoms with Crippen molar-refractivity contribution in [2.45, 2.75) is 25.9 Å². The monoisotopic (exact) mass is 356 g/mol. The van der Waals surface area contributed by atoms with E-state index in [0.717, 1.165) is 11.8 Å². The van der Waals surface area contributed by atoms with Crippen LogP contribution in [0.3, 0.4) is 0 Å². The third-order valence-electron chi connectivity index (χ3n) is 3.53. The highest BCUT2D eigenvalue weighted by Crippen LogP contribution is 2.19. The number of carbonyl (C=O) groups is 2. The summed E-state index contributed by atoms with van der Waals surface area (Å²) in [5.41, 5.74) is 5.30. The predicted octanol–water partition coefficient (Wildman–Crippen LogP) is 0.607. The first-order valence-corrected chi connectivity index (χ1v) is 7.75. The average molecular weight is 356 g/mol. The third-order valence-corrected chi connectivity index (χ3v) is 3.53. The lowest BCUT2D eigenvalue weighted by molar-refractivity contribution is -0.121. The van der Waals surface area contributed by atoms with Gasteiger partial charge in [-0.05, 0) is 13.8 Å². The van der Waals surface area contributed by atoms with Crippen LogP contribution in [0.1, 0.15) is 19.5 Å². The summed E-state index contributed by atoms with van der Waals surface area (Å²) in [6.45, 7) is 3.14. The first-order chi connectivity index (χ1) is 12.3. The standard InChI is InChI=1S/C17H20N6O3/c1-17(2,16(18)25)21-10-13(22-19)15(24)20-9-12-8-14(26-23-12)11-6-4-3-5-7-11/h3-8,10H,9,19H2,1-2H3,(H2,18,25)(H,20,24)/b21-10?,22-13+. The van der Waals surface area contributed by atoms with Gasteiger partial charge < -0.3 is 21.4 Å². The van der Waals surface area contributed by atoms with Gasteiger partial charge in [-0.15, -0.1) is 0 Å². The minimum atomic E-state index is -1.17. The summed E-state index contributed by atoms with van der Waals surface area (Å²) in [7, 11) is 0. The largest absolute Gasteiger partial charge is 0.368 e. The second kappa shape index (κ2) is 8.06. The van der Waals surface area contributed by atoms with E-state index in [9.17, 15) is 9.59 Å². The number of hydrogen-bond donors (Lipinski definition) is 3. The number of carbonyl (C=O) groups excluding carboxylic acids is 2. The van der Waals surface area contributed by atoms with Crippen molar-refractivity contribution in [1.82, 2.24) is 10.5 Å². The van der Waals surface area contributed by atoms with Crippen LogP contribution in [-0.4, -0.2) is 34.4 Å². The van der Waals surface area contributed by atoms with Crippen LogP contribution in [0.25, 0.3) is 11.3 Å². The molecule has 1 aromatic carbocycles. The number of aliphatic imine (C=N–C) groups is 1. The molecule has 0 bridgehead atoms. The van der Waals surface area contributed by atoms with E-state index in [4.69, 9.17) is 16.1 Å². The Hall–Kier alpha value is -3.49. The molecule has 0 unspecified atom stereocenters. The Kier molecular flexibility index (Phi) is 5.84. The van der Waals surface area contributed by atoms with Crippen LogP contribution in [0, 0.1) is 0 Å². The van der Waals surface area contributed by atoms with E-state index in [1.165, 1.54) is 13.8 Å². The summed E-state index contributed by atoms with van der Waals surface area (Å²) >= 11 is 0. The number of hydrogen-bond acceptors (Lipinski definition) is 7. The van der Waals surface area contributed by atoms with Crippen molar-refractivity contribution >= 4 is 23.7 Å². The van der Waals surface area contributed by atoms with Crippen molar-refractivity contribution in [3.8, 4) is 11.3 Å². The number of nitrogens with zero attached hydrogens (tertiary/aromatic N) is 3. The number of amides is 2. The molecule has 9 heteroatoms. The first kappa shape index (κ1) is 18.8. The highest BCUT2D eigenvalue weighted by Gasteiger charge is 2.23. The van der Waals surface area contributed by atoms with Gasteiger partial charge >= 0.3 is 0 Å². The molecular weight excluding hydrogens is 336 g/mol. The smallest absolute Gasteiger partial charge is 0.273 e. The zero-order valence-electron chi connectivity index (χ0n) is 14.5. The highest BCUT2D eigenvalue weighted by molar-refractivity contribution is 6.60. The van der Waals surface area contributed by atoms with Crippen molar-refractivity contribution in [2.24, 2.45) is 21.7 Å². The average Bonchev–Trinajstić information content (AvgIpc) is 3.10. The Morgan fingerprint density at radius 1 is 1.31 bits per heavy atom. The normalized spacial score (nSPS) is 12.3. The molecule has 0 spiro atoms. The molecule has 2 amide bonds. The van der Waals surface area contributed by atoms with Crippen LogP contribution in [0.2, 0.25) is 0 Å². The minimum absolute atomic E-state index is 0.112. The molecule has 2 rings (SSSR count). The van der Waals surface area contributed by atoms with Gasteiger partial charge in [0.05, 0.1) is 12.8 Å². The van der Waals surface area contributed by atoms with Crippen LogP contribution < -0.4 is 16.9 Å². The molecule has 5 N–H and O–H groups in total. The number of primary amides is 1. The summed E-state index contributed by atoms with van der Waals surface area (Å²) in [4.78, 5) is 27.3. The molecule has 26 heavy (non-hydrogen) atoms. The van der Waals surface area contributed by atoms with Gasteiger partial charge in [0.25, 0.3) is 5.91 Å². The molecule has 136 valence electrons. The van der Waals surface area contributed by atoms with Crippen LogP contribution in [0.5, 0.6) is 0 Å². The van der Waals surface area contributed by atoms with Gasteiger partial charge in [-0.2, -0.15) is 5.10 Å². The fraction of sp³-hybridized carbons (Fsp3) is 0.235. The van der Waals surface area contributed by atoms with E-state index in [0.29, 0.717) is 11.5 Å². The van der Waals surface area contributed by atoms with Crippen molar-refractivity contribution in [3.63, 3.8) is 0 Å². The van der Waals surface area contributed by atoms with Crippen molar-refractivity contribution in [3.05, 3.63) is 42.1 Å². The van der Waals surface area contributed by atoms with E-state index in [1.54, 1.807) is 6.07 Å². The molecule has 0 radical (unpaired) electrons. The number of nitrogens with one attached hydrogen (secondary N) is 1. The zero-order chi connectivity index (χ0) is 19.2. The predicted molar refractivity (Wildman–Crippen MR) is 97.2 cm³/mol. The van der Waals surface area contributed by atoms with Gasteiger partial charge in [0.1, 0.15) is 11.2 Å².